The van der Waals surface area contributed by atoms with Crippen molar-refractivity contribution in [1.29, 1.82) is 0 Å². The summed E-state index contributed by atoms with van der Waals surface area (Å²) in [5.41, 5.74) is 3.91. The Balaban J connectivity index is 1.38. The minimum absolute atomic E-state index is 0.0726. The molecule has 7 nitrogen and oxygen atoms in total. The zero-order valence-electron chi connectivity index (χ0n) is 18.1. The van der Waals surface area contributed by atoms with Crippen molar-refractivity contribution in [3.63, 3.8) is 0 Å². The molecule has 2 aromatic carbocycles. The first-order chi connectivity index (χ1) is 15.7. The van der Waals surface area contributed by atoms with Gasteiger partial charge in [-0.05, 0) is 36.8 Å². The van der Waals surface area contributed by atoms with Crippen LogP contribution in [-0.4, -0.2) is 56.5 Å². The summed E-state index contributed by atoms with van der Waals surface area (Å²) in [6.07, 6.45) is 3.85. The molecule has 1 aliphatic heterocycles. The molecule has 0 atom stereocenters. The quantitative estimate of drug-likeness (QED) is 0.491. The second-order valence-electron chi connectivity index (χ2n) is 8.11. The van der Waals surface area contributed by atoms with Crippen molar-refractivity contribution in [2.24, 2.45) is 0 Å². The van der Waals surface area contributed by atoms with Gasteiger partial charge < -0.3 is 14.4 Å². The molecule has 7 heteroatoms. The summed E-state index contributed by atoms with van der Waals surface area (Å²) in [4.78, 5) is 17.6. The van der Waals surface area contributed by atoms with Gasteiger partial charge in [0, 0.05) is 44.3 Å². The molecule has 0 N–H and O–H groups in total. The normalized spacial score (nSPS) is 14.0. The van der Waals surface area contributed by atoms with Gasteiger partial charge >= 0.3 is 0 Å². The van der Waals surface area contributed by atoms with E-state index in [0.717, 1.165) is 18.7 Å². The number of benzene rings is 2. The van der Waals surface area contributed by atoms with Crippen LogP contribution in [0.3, 0.4) is 0 Å². The molecule has 162 valence electrons. The SMILES string of the molecule is Cc1ccc(Cn2nnc(C(=O)N3CCN(c4ccccc4)CC3)c2-n2cccc2)cc1. The minimum Gasteiger partial charge on any atom is -0.368 e. The molecule has 2 aromatic heterocycles. The molecule has 1 amide bonds. The van der Waals surface area contributed by atoms with Crippen LogP contribution in [0.2, 0.25) is 0 Å². The molecule has 1 aliphatic rings. The van der Waals surface area contributed by atoms with Crippen molar-refractivity contribution < 1.29 is 4.79 Å². The highest BCUT2D eigenvalue weighted by Gasteiger charge is 2.28. The predicted octanol–water partition coefficient (Wildman–Crippen LogP) is 3.39. The third-order valence-corrected chi connectivity index (χ3v) is 5.90. The number of rotatable bonds is 5. The zero-order valence-corrected chi connectivity index (χ0v) is 18.1. The predicted molar refractivity (Wildman–Crippen MR) is 124 cm³/mol. The van der Waals surface area contributed by atoms with E-state index in [1.165, 1.54) is 11.3 Å². The molecule has 0 bridgehead atoms. The van der Waals surface area contributed by atoms with Crippen LogP contribution < -0.4 is 4.90 Å². The molecule has 3 heterocycles. The van der Waals surface area contributed by atoms with Gasteiger partial charge in [0.15, 0.2) is 11.5 Å². The third kappa shape index (κ3) is 4.01. The third-order valence-electron chi connectivity index (χ3n) is 5.90. The summed E-state index contributed by atoms with van der Waals surface area (Å²) >= 11 is 0. The number of carbonyl (C=O) groups excluding carboxylic acids is 1. The maximum atomic E-state index is 13.4. The molecule has 0 saturated carbocycles. The number of carbonyl (C=O) groups is 1. The first-order valence-electron chi connectivity index (χ1n) is 10.9. The van der Waals surface area contributed by atoms with E-state index < -0.39 is 0 Å². The number of hydrogen-bond donors (Lipinski definition) is 0. The van der Waals surface area contributed by atoms with E-state index in [0.29, 0.717) is 31.1 Å². The molecule has 32 heavy (non-hydrogen) atoms. The van der Waals surface area contributed by atoms with Crippen LogP contribution in [0.4, 0.5) is 5.69 Å². The average Bonchev–Trinajstić information content (AvgIpc) is 3.51. The summed E-state index contributed by atoms with van der Waals surface area (Å²) in [7, 11) is 0. The van der Waals surface area contributed by atoms with E-state index in [9.17, 15) is 4.79 Å². The van der Waals surface area contributed by atoms with Crippen LogP contribution in [-0.2, 0) is 6.54 Å². The maximum Gasteiger partial charge on any atom is 0.278 e. The fourth-order valence-corrected chi connectivity index (χ4v) is 4.11. The molecule has 0 unspecified atom stereocenters. The number of amides is 1. The molecule has 0 spiro atoms. The number of para-hydroxylation sites is 1. The van der Waals surface area contributed by atoms with Crippen molar-refractivity contribution in [2.75, 3.05) is 31.1 Å². The summed E-state index contributed by atoms with van der Waals surface area (Å²) in [5.74, 6) is 0.627. The minimum atomic E-state index is -0.0726. The Morgan fingerprint density at radius 2 is 1.56 bits per heavy atom. The summed E-state index contributed by atoms with van der Waals surface area (Å²) in [5, 5.41) is 8.68. The van der Waals surface area contributed by atoms with Crippen molar-refractivity contribution in [3.05, 3.63) is 95.9 Å². The first-order valence-corrected chi connectivity index (χ1v) is 10.9. The van der Waals surface area contributed by atoms with Crippen LogP contribution in [0.1, 0.15) is 21.6 Å². The van der Waals surface area contributed by atoms with Crippen molar-refractivity contribution in [2.45, 2.75) is 13.5 Å². The van der Waals surface area contributed by atoms with Gasteiger partial charge in [-0.25, -0.2) is 4.68 Å². The van der Waals surface area contributed by atoms with E-state index in [1.807, 2.05) is 52.2 Å². The molecule has 4 aromatic rings. The van der Waals surface area contributed by atoms with Crippen LogP contribution in [0.5, 0.6) is 0 Å². The zero-order chi connectivity index (χ0) is 21.9. The van der Waals surface area contributed by atoms with Gasteiger partial charge in [0.25, 0.3) is 5.91 Å². The van der Waals surface area contributed by atoms with E-state index in [4.69, 9.17) is 0 Å². The summed E-state index contributed by atoms with van der Waals surface area (Å²) in [6.45, 7) is 5.53. The molecule has 1 saturated heterocycles. The highest BCUT2D eigenvalue weighted by molar-refractivity contribution is 5.95. The number of aryl methyl sites for hydroxylation is 1. The van der Waals surface area contributed by atoms with Crippen molar-refractivity contribution >= 4 is 11.6 Å². The molecule has 5 rings (SSSR count). The van der Waals surface area contributed by atoms with Gasteiger partial charge in [0.1, 0.15) is 0 Å². The van der Waals surface area contributed by atoms with E-state index in [1.54, 1.807) is 4.68 Å². The molecule has 1 fully saturated rings. The van der Waals surface area contributed by atoms with Crippen LogP contribution >= 0.6 is 0 Å². The Morgan fingerprint density at radius 3 is 2.25 bits per heavy atom. The Bertz CT molecular complexity index is 1170. The van der Waals surface area contributed by atoms with Gasteiger partial charge in [0.2, 0.25) is 0 Å². The van der Waals surface area contributed by atoms with E-state index in [2.05, 4.69) is 58.5 Å². The lowest BCUT2D eigenvalue weighted by atomic mass is 10.1. The van der Waals surface area contributed by atoms with Gasteiger partial charge in [-0.1, -0.05) is 53.2 Å². The Kier molecular flexibility index (Phi) is 5.46. The molecule has 0 radical (unpaired) electrons. The number of aromatic nitrogens is 4. The lowest BCUT2D eigenvalue weighted by molar-refractivity contribution is 0.0740. The molecular weight excluding hydrogens is 400 g/mol. The Hall–Kier alpha value is -3.87. The van der Waals surface area contributed by atoms with Gasteiger partial charge in [-0.2, -0.15) is 0 Å². The topological polar surface area (TPSA) is 59.2 Å². The second-order valence-corrected chi connectivity index (χ2v) is 8.11. The number of piperazine rings is 1. The lowest BCUT2D eigenvalue weighted by Gasteiger charge is -2.35. The lowest BCUT2D eigenvalue weighted by Crippen LogP contribution is -2.49. The molecular formula is C25H26N6O. The largest absolute Gasteiger partial charge is 0.368 e. The summed E-state index contributed by atoms with van der Waals surface area (Å²) in [6, 6.07) is 22.5. The average molecular weight is 427 g/mol. The Labute approximate surface area is 187 Å². The van der Waals surface area contributed by atoms with Crippen LogP contribution in [0.15, 0.2) is 79.1 Å². The molecule has 0 aliphatic carbocycles. The highest BCUT2D eigenvalue weighted by atomic mass is 16.2. The summed E-state index contributed by atoms with van der Waals surface area (Å²) < 4.78 is 3.72. The number of nitrogens with zero attached hydrogens (tertiary/aromatic N) is 6. The standard InChI is InChI=1S/C25H26N6O/c1-20-9-11-21(12-10-20)19-31-24(29-13-5-6-14-29)23(26-27-31)25(32)30-17-15-28(16-18-30)22-7-3-2-4-8-22/h2-14H,15-19H2,1H3. The van der Waals surface area contributed by atoms with E-state index in [-0.39, 0.29) is 5.91 Å². The van der Waals surface area contributed by atoms with Crippen molar-refractivity contribution in [3.8, 4) is 5.82 Å². The highest BCUT2D eigenvalue weighted by Crippen LogP contribution is 2.20. The monoisotopic (exact) mass is 426 g/mol. The van der Waals surface area contributed by atoms with E-state index >= 15 is 0 Å². The van der Waals surface area contributed by atoms with Gasteiger partial charge in [-0.15, -0.1) is 5.10 Å². The van der Waals surface area contributed by atoms with Gasteiger partial charge in [-0.3, -0.25) is 4.79 Å². The number of anilines is 1. The smallest absolute Gasteiger partial charge is 0.278 e. The first kappa shape index (κ1) is 20.1. The fraction of sp³-hybridized carbons (Fsp3) is 0.240. The van der Waals surface area contributed by atoms with Crippen LogP contribution in [0, 0.1) is 6.92 Å². The second kappa shape index (κ2) is 8.70. The number of hydrogen-bond acceptors (Lipinski definition) is 4. The van der Waals surface area contributed by atoms with Gasteiger partial charge in [0.05, 0.1) is 6.54 Å². The van der Waals surface area contributed by atoms with Crippen LogP contribution in [0.25, 0.3) is 5.82 Å². The maximum absolute atomic E-state index is 13.4. The fourth-order valence-electron chi connectivity index (χ4n) is 4.11. The van der Waals surface area contributed by atoms with Crippen molar-refractivity contribution in [1.82, 2.24) is 24.5 Å². The Morgan fingerprint density at radius 1 is 0.875 bits per heavy atom.